The van der Waals surface area contributed by atoms with Gasteiger partial charge < -0.3 is 9.80 Å². The normalized spacial score (nSPS) is 14.9. The first-order valence-electron chi connectivity index (χ1n) is 7.96. The summed E-state index contributed by atoms with van der Waals surface area (Å²) in [6.07, 6.45) is 0.498. The van der Waals surface area contributed by atoms with Crippen LogP contribution < -0.4 is 4.90 Å². The van der Waals surface area contributed by atoms with Gasteiger partial charge in [0, 0.05) is 36.3 Å². The molecule has 3 nitrogen and oxygen atoms in total. The molecule has 0 atom stereocenters. The van der Waals surface area contributed by atoms with Crippen molar-refractivity contribution >= 4 is 27.5 Å². The number of aryl methyl sites for hydroxylation is 1. The predicted octanol–water partition coefficient (Wildman–Crippen LogP) is 3.65. The van der Waals surface area contributed by atoms with E-state index in [4.69, 9.17) is 0 Å². The van der Waals surface area contributed by atoms with Crippen LogP contribution in [-0.4, -0.2) is 37.0 Å². The molecule has 1 fully saturated rings. The molecule has 0 aromatic heterocycles. The minimum Gasteiger partial charge on any atom is -0.368 e. The molecule has 1 aliphatic heterocycles. The van der Waals surface area contributed by atoms with Gasteiger partial charge in [0.25, 0.3) is 0 Å². The van der Waals surface area contributed by atoms with Crippen LogP contribution in [-0.2, 0) is 11.2 Å². The van der Waals surface area contributed by atoms with E-state index in [9.17, 15) is 4.79 Å². The lowest BCUT2D eigenvalue weighted by molar-refractivity contribution is -0.130. The van der Waals surface area contributed by atoms with Crippen molar-refractivity contribution in [2.75, 3.05) is 31.1 Å². The summed E-state index contributed by atoms with van der Waals surface area (Å²) in [5, 5.41) is 0. The lowest BCUT2D eigenvalue weighted by Gasteiger charge is -2.37. The van der Waals surface area contributed by atoms with Gasteiger partial charge in [-0.1, -0.05) is 46.3 Å². The Morgan fingerprint density at radius 3 is 2.39 bits per heavy atom. The number of nitrogens with zero attached hydrogens (tertiary/aromatic N) is 2. The van der Waals surface area contributed by atoms with Gasteiger partial charge in [0.1, 0.15) is 0 Å². The Bertz CT molecular complexity index is 679. The number of anilines is 1. The lowest BCUT2D eigenvalue weighted by Crippen LogP contribution is -2.49. The molecule has 4 heteroatoms. The summed E-state index contributed by atoms with van der Waals surface area (Å²) in [6, 6.07) is 16.3. The summed E-state index contributed by atoms with van der Waals surface area (Å²) in [5.41, 5.74) is 3.62. The summed E-state index contributed by atoms with van der Waals surface area (Å²) < 4.78 is 1.11. The van der Waals surface area contributed by atoms with Crippen molar-refractivity contribution in [3.8, 4) is 0 Å². The van der Waals surface area contributed by atoms with Crippen LogP contribution in [0, 0.1) is 6.92 Å². The number of hydrogen-bond donors (Lipinski definition) is 0. The third-order valence-electron chi connectivity index (χ3n) is 4.33. The zero-order valence-corrected chi connectivity index (χ0v) is 14.9. The van der Waals surface area contributed by atoms with Crippen molar-refractivity contribution in [1.82, 2.24) is 4.90 Å². The number of piperazine rings is 1. The molecule has 1 aliphatic rings. The second kappa shape index (κ2) is 7.18. The number of rotatable bonds is 3. The van der Waals surface area contributed by atoms with Crippen LogP contribution in [0.3, 0.4) is 0 Å². The van der Waals surface area contributed by atoms with Gasteiger partial charge in [-0.05, 0) is 36.2 Å². The SMILES string of the molecule is Cc1cc(Br)ccc1N1CCN(C(=O)Cc2ccccc2)CC1. The zero-order valence-electron chi connectivity index (χ0n) is 13.3. The van der Waals surface area contributed by atoms with E-state index in [1.165, 1.54) is 11.3 Å². The highest BCUT2D eigenvalue weighted by molar-refractivity contribution is 9.10. The highest BCUT2D eigenvalue weighted by atomic mass is 79.9. The minimum absolute atomic E-state index is 0.225. The van der Waals surface area contributed by atoms with Crippen molar-refractivity contribution in [3.63, 3.8) is 0 Å². The topological polar surface area (TPSA) is 23.6 Å². The molecule has 0 saturated carbocycles. The molecule has 1 amide bonds. The van der Waals surface area contributed by atoms with Crippen LogP contribution in [0.15, 0.2) is 53.0 Å². The Morgan fingerprint density at radius 1 is 1.04 bits per heavy atom. The molecule has 0 spiro atoms. The summed E-state index contributed by atoms with van der Waals surface area (Å²) >= 11 is 3.51. The fourth-order valence-corrected chi connectivity index (χ4v) is 3.53. The van der Waals surface area contributed by atoms with E-state index in [2.05, 4.69) is 46.0 Å². The smallest absolute Gasteiger partial charge is 0.227 e. The van der Waals surface area contributed by atoms with E-state index in [1.807, 2.05) is 35.2 Å². The summed E-state index contributed by atoms with van der Waals surface area (Å²) in [7, 11) is 0. The largest absolute Gasteiger partial charge is 0.368 e. The number of benzene rings is 2. The molecule has 0 radical (unpaired) electrons. The Kier molecular flexibility index (Phi) is 5.01. The van der Waals surface area contributed by atoms with Crippen molar-refractivity contribution < 1.29 is 4.79 Å². The van der Waals surface area contributed by atoms with Crippen LogP contribution in [0.4, 0.5) is 5.69 Å². The molecule has 120 valence electrons. The maximum absolute atomic E-state index is 12.4. The van der Waals surface area contributed by atoms with Crippen molar-refractivity contribution in [2.45, 2.75) is 13.3 Å². The van der Waals surface area contributed by atoms with Gasteiger partial charge >= 0.3 is 0 Å². The first kappa shape index (κ1) is 16.1. The average Bonchev–Trinajstić information content (AvgIpc) is 2.56. The van der Waals surface area contributed by atoms with E-state index in [-0.39, 0.29) is 5.91 Å². The van der Waals surface area contributed by atoms with E-state index in [1.54, 1.807) is 0 Å². The maximum Gasteiger partial charge on any atom is 0.227 e. The Hall–Kier alpha value is -1.81. The van der Waals surface area contributed by atoms with Gasteiger partial charge in [0.15, 0.2) is 0 Å². The van der Waals surface area contributed by atoms with Gasteiger partial charge in [-0.15, -0.1) is 0 Å². The predicted molar refractivity (Wildman–Crippen MR) is 97.8 cm³/mol. The molecule has 3 rings (SSSR count). The summed E-state index contributed by atoms with van der Waals surface area (Å²) in [4.78, 5) is 16.8. The molecule has 0 N–H and O–H groups in total. The van der Waals surface area contributed by atoms with Crippen LogP contribution in [0.25, 0.3) is 0 Å². The number of hydrogen-bond acceptors (Lipinski definition) is 2. The minimum atomic E-state index is 0.225. The summed E-state index contributed by atoms with van der Waals surface area (Å²) in [5.74, 6) is 0.225. The van der Waals surface area contributed by atoms with Crippen molar-refractivity contribution in [1.29, 1.82) is 0 Å². The highest BCUT2D eigenvalue weighted by Crippen LogP contribution is 2.25. The fraction of sp³-hybridized carbons (Fsp3) is 0.316. The van der Waals surface area contributed by atoms with E-state index >= 15 is 0 Å². The standard InChI is InChI=1S/C19H21BrN2O/c1-15-13-17(20)7-8-18(15)21-9-11-22(12-10-21)19(23)14-16-5-3-2-4-6-16/h2-8,13H,9-12,14H2,1H3. The van der Waals surface area contributed by atoms with Gasteiger partial charge in [-0.3, -0.25) is 4.79 Å². The van der Waals surface area contributed by atoms with Gasteiger partial charge in [0.05, 0.1) is 6.42 Å². The summed E-state index contributed by atoms with van der Waals surface area (Å²) in [6.45, 7) is 5.50. The molecular formula is C19H21BrN2O. The molecule has 2 aromatic carbocycles. The number of amides is 1. The molecule has 0 aliphatic carbocycles. The third-order valence-corrected chi connectivity index (χ3v) is 4.82. The first-order valence-corrected chi connectivity index (χ1v) is 8.75. The maximum atomic E-state index is 12.4. The molecule has 0 bridgehead atoms. The Balaban J connectivity index is 1.59. The first-order chi connectivity index (χ1) is 11.1. The molecule has 1 saturated heterocycles. The monoisotopic (exact) mass is 372 g/mol. The number of carbonyl (C=O) groups is 1. The average molecular weight is 373 g/mol. The van der Waals surface area contributed by atoms with Crippen molar-refractivity contribution in [3.05, 3.63) is 64.1 Å². The van der Waals surface area contributed by atoms with Crippen molar-refractivity contribution in [2.24, 2.45) is 0 Å². The van der Waals surface area contributed by atoms with Crippen LogP contribution in [0.2, 0.25) is 0 Å². The molecule has 2 aromatic rings. The Labute approximate surface area is 146 Å². The zero-order chi connectivity index (χ0) is 16.2. The van der Waals surface area contributed by atoms with Gasteiger partial charge in [-0.2, -0.15) is 0 Å². The van der Waals surface area contributed by atoms with E-state index in [0.717, 1.165) is 36.2 Å². The van der Waals surface area contributed by atoms with Crippen LogP contribution in [0.5, 0.6) is 0 Å². The molecule has 23 heavy (non-hydrogen) atoms. The van der Waals surface area contributed by atoms with Crippen LogP contribution >= 0.6 is 15.9 Å². The Morgan fingerprint density at radius 2 is 1.74 bits per heavy atom. The van der Waals surface area contributed by atoms with E-state index in [0.29, 0.717) is 6.42 Å². The lowest BCUT2D eigenvalue weighted by atomic mass is 10.1. The quantitative estimate of drug-likeness (QED) is 0.820. The second-order valence-corrected chi connectivity index (χ2v) is 6.88. The van der Waals surface area contributed by atoms with Gasteiger partial charge in [-0.25, -0.2) is 0 Å². The number of halogens is 1. The molecule has 0 unspecified atom stereocenters. The molecule has 1 heterocycles. The van der Waals surface area contributed by atoms with Crippen LogP contribution in [0.1, 0.15) is 11.1 Å². The van der Waals surface area contributed by atoms with E-state index < -0.39 is 0 Å². The second-order valence-electron chi connectivity index (χ2n) is 5.96. The highest BCUT2D eigenvalue weighted by Gasteiger charge is 2.22. The number of carbonyl (C=O) groups excluding carboxylic acids is 1. The van der Waals surface area contributed by atoms with Gasteiger partial charge in [0.2, 0.25) is 5.91 Å². The fourth-order valence-electron chi connectivity index (χ4n) is 3.05. The molecular weight excluding hydrogens is 352 g/mol. The third kappa shape index (κ3) is 3.94.